The first-order valence-electron chi connectivity index (χ1n) is 14.0. The minimum Gasteiger partial charge on any atom is -0.493 e. The third-order valence-electron chi connectivity index (χ3n) is 7.01. The van der Waals surface area contributed by atoms with Crippen LogP contribution in [0.1, 0.15) is 45.8 Å². The molecule has 1 saturated heterocycles. The third kappa shape index (κ3) is 7.51. The van der Waals surface area contributed by atoms with Gasteiger partial charge in [-0.3, -0.25) is 19.9 Å². The molecule has 1 aliphatic heterocycles. The maximum atomic E-state index is 13.1. The predicted octanol–water partition coefficient (Wildman–Crippen LogP) is 5.63. The Morgan fingerprint density at radius 3 is 2.23 bits per heavy atom. The van der Waals surface area contributed by atoms with E-state index in [1.54, 1.807) is 61.7 Å². The van der Waals surface area contributed by atoms with Crippen LogP contribution in [0.25, 0.3) is 0 Å². The number of imide groups is 1. The summed E-state index contributed by atoms with van der Waals surface area (Å²) >= 11 is 0.642. The number of hydrogen-bond donors (Lipinski definition) is 1. The molecule has 9 nitrogen and oxygen atoms in total. The van der Waals surface area contributed by atoms with Crippen LogP contribution in [-0.2, 0) is 38.5 Å². The predicted molar refractivity (Wildman–Crippen MR) is 164 cm³/mol. The van der Waals surface area contributed by atoms with E-state index < -0.39 is 33.9 Å². The van der Waals surface area contributed by atoms with Crippen molar-refractivity contribution in [2.45, 2.75) is 37.2 Å². The molecule has 1 aliphatic rings. The molecular weight excluding hydrogens is 580 g/mol. The molecule has 2 heterocycles. The lowest BCUT2D eigenvalue weighted by molar-refractivity contribution is -0.150. The van der Waals surface area contributed by atoms with Gasteiger partial charge in [-0.15, -0.1) is 0 Å². The van der Waals surface area contributed by atoms with Gasteiger partial charge in [-0.2, -0.15) is 0 Å². The van der Waals surface area contributed by atoms with Crippen LogP contribution in [-0.4, -0.2) is 39.4 Å². The first kappa shape index (κ1) is 30.5. The van der Waals surface area contributed by atoms with E-state index in [-0.39, 0.29) is 13.0 Å². The molecule has 0 aliphatic carbocycles. The Hall–Kier alpha value is -4.96. The second kappa shape index (κ2) is 14.0. The topological polar surface area (TPSA) is 121 Å². The Morgan fingerprint density at radius 2 is 1.59 bits per heavy atom. The Morgan fingerprint density at radius 1 is 0.886 bits per heavy atom. The highest BCUT2D eigenvalue weighted by atomic mass is 32.2. The van der Waals surface area contributed by atoms with Gasteiger partial charge in [0.15, 0.2) is 0 Å². The van der Waals surface area contributed by atoms with Gasteiger partial charge in [-0.25, -0.2) is 9.59 Å². The van der Waals surface area contributed by atoms with Gasteiger partial charge in [-0.1, -0.05) is 66.7 Å². The van der Waals surface area contributed by atoms with Gasteiger partial charge in [0, 0.05) is 30.3 Å². The fourth-order valence-electron chi connectivity index (χ4n) is 4.55. The molecule has 1 unspecified atom stereocenters. The molecule has 0 saturated carbocycles. The molecule has 2 amide bonds. The molecule has 1 N–H and O–H groups in total. The number of aromatic nitrogens is 1. The number of thioether (sulfide) groups is 1. The number of nitrogens with one attached hydrogen (secondary N) is 1. The van der Waals surface area contributed by atoms with Gasteiger partial charge in [0.25, 0.3) is 11.1 Å². The Balaban J connectivity index is 1.12. The van der Waals surface area contributed by atoms with Crippen molar-refractivity contribution in [3.63, 3.8) is 0 Å². The summed E-state index contributed by atoms with van der Waals surface area (Å²) in [5, 5.41) is 1.63. The minimum absolute atomic E-state index is 0.00540. The number of esters is 2. The molecule has 10 heteroatoms. The van der Waals surface area contributed by atoms with Gasteiger partial charge in [-0.05, 0) is 60.1 Å². The van der Waals surface area contributed by atoms with Crippen LogP contribution in [0.4, 0.5) is 4.79 Å². The van der Waals surface area contributed by atoms with Crippen LogP contribution in [0.5, 0.6) is 5.75 Å². The SMILES string of the molecule is CC(OC(=O)c1ccccc1)c1ccc(CCOc2ccc(C[C@]3(C(=O)OCc4ccccc4)SC(=O)NC3=O)cc2)nc1. The number of carbonyl (C=O) groups is 4. The lowest BCUT2D eigenvalue weighted by atomic mass is 9.97. The second-order valence-corrected chi connectivity index (χ2v) is 11.4. The highest BCUT2D eigenvalue weighted by Crippen LogP contribution is 2.37. The number of amides is 2. The van der Waals surface area contributed by atoms with Crippen LogP contribution < -0.4 is 10.1 Å². The van der Waals surface area contributed by atoms with Crippen molar-refractivity contribution in [3.8, 4) is 5.75 Å². The fraction of sp³-hybridized carbons (Fsp3) is 0.206. The molecular formula is C34H30N2O7S. The molecule has 5 rings (SSSR count). The van der Waals surface area contributed by atoms with Gasteiger partial charge < -0.3 is 14.2 Å². The molecule has 2 atom stereocenters. The van der Waals surface area contributed by atoms with Crippen molar-refractivity contribution < 1.29 is 33.4 Å². The largest absolute Gasteiger partial charge is 0.493 e. The molecule has 0 spiro atoms. The lowest BCUT2D eigenvalue weighted by Gasteiger charge is -2.22. The van der Waals surface area contributed by atoms with E-state index in [9.17, 15) is 19.2 Å². The second-order valence-electron chi connectivity index (χ2n) is 10.1. The van der Waals surface area contributed by atoms with Gasteiger partial charge in [0.05, 0.1) is 12.2 Å². The molecule has 224 valence electrons. The lowest BCUT2D eigenvalue weighted by Crippen LogP contribution is -2.46. The van der Waals surface area contributed by atoms with E-state index in [1.165, 1.54) is 0 Å². The normalized spacial score (nSPS) is 16.6. The maximum Gasteiger partial charge on any atom is 0.338 e. The average molecular weight is 611 g/mol. The number of benzene rings is 3. The van der Waals surface area contributed by atoms with Crippen LogP contribution >= 0.6 is 11.8 Å². The maximum absolute atomic E-state index is 13.1. The number of ether oxygens (including phenoxy) is 3. The van der Waals surface area contributed by atoms with E-state index in [2.05, 4.69) is 10.3 Å². The zero-order chi connectivity index (χ0) is 30.9. The zero-order valence-corrected chi connectivity index (χ0v) is 24.8. The van der Waals surface area contributed by atoms with Crippen molar-refractivity contribution in [2.24, 2.45) is 0 Å². The van der Waals surface area contributed by atoms with Crippen LogP contribution in [0.15, 0.2) is 103 Å². The smallest absolute Gasteiger partial charge is 0.338 e. The standard InChI is InChI=1S/C34H30N2O7S/c1-23(43-30(37)26-10-6-3-7-11-26)27-14-15-28(35-21-27)18-19-41-29-16-12-24(13-17-29)20-34(31(38)36-33(40)44-34)32(39)42-22-25-8-4-2-5-9-25/h2-17,21,23H,18-20,22H2,1H3,(H,36,38,40)/t23?,34-/m0/s1. The van der Waals surface area contributed by atoms with Crippen LogP contribution in [0, 0.1) is 0 Å². The number of hydrogen-bond acceptors (Lipinski definition) is 9. The summed E-state index contributed by atoms with van der Waals surface area (Å²) in [6, 6.07) is 28.7. The van der Waals surface area contributed by atoms with Crippen molar-refractivity contribution in [2.75, 3.05) is 6.61 Å². The highest BCUT2D eigenvalue weighted by molar-refractivity contribution is 8.16. The molecule has 4 aromatic rings. The van der Waals surface area contributed by atoms with E-state index in [1.807, 2.05) is 48.5 Å². The minimum atomic E-state index is -1.70. The van der Waals surface area contributed by atoms with Crippen molar-refractivity contribution in [1.82, 2.24) is 10.3 Å². The van der Waals surface area contributed by atoms with E-state index in [4.69, 9.17) is 14.2 Å². The Labute approximate surface area is 258 Å². The van der Waals surface area contributed by atoms with Gasteiger partial charge in [0.1, 0.15) is 18.5 Å². The van der Waals surface area contributed by atoms with Crippen molar-refractivity contribution >= 4 is 34.8 Å². The van der Waals surface area contributed by atoms with E-state index >= 15 is 0 Å². The number of nitrogens with zero attached hydrogens (tertiary/aromatic N) is 1. The summed E-state index contributed by atoms with van der Waals surface area (Å²) in [4.78, 5) is 54.7. The highest BCUT2D eigenvalue weighted by Gasteiger charge is 2.55. The average Bonchev–Trinajstić information content (AvgIpc) is 3.34. The molecule has 44 heavy (non-hydrogen) atoms. The van der Waals surface area contributed by atoms with Gasteiger partial charge in [0.2, 0.25) is 4.75 Å². The summed E-state index contributed by atoms with van der Waals surface area (Å²) in [6.45, 7) is 2.16. The van der Waals surface area contributed by atoms with Crippen LogP contribution in [0.3, 0.4) is 0 Å². The molecule has 1 fully saturated rings. The molecule has 0 radical (unpaired) electrons. The quantitative estimate of drug-likeness (QED) is 0.161. The molecule has 3 aromatic carbocycles. The molecule has 1 aromatic heterocycles. The van der Waals surface area contributed by atoms with Crippen molar-refractivity contribution in [3.05, 3.63) is 131 Å². The summed E-state index contributed by atoms with van der Waals surface area (Å²) < 4.78 is 15.2. The summed E-state index contributed by atoms with van der Waals surface area (Å²) in [5.74, 6) is -1.24. The van der Waals surface area contributed by atoms with Crippen LogP contribution in [0.2, 0.25) is 0 Å². The Bertz CT molecular complexity index is 1610. The first-order valence-corrected chi connectivity index (χ1v) is 14.8. The molecule has 0 bridgehead atoms. The monoisotopic (exact) mass is 610 g/mol. The van der Waals surface area contributed by atoms with Crippen molar-refractivity contribution in [1.29, 1.82) is 0 Å². The van der Waals surface area contributed by atoms with E-state index in [0.29, 0.717) is 41.7 Å². The summed E-state index contributed by atoms with van der Waals surface area (Å²) in [5.41, 5.74) is 3.54. The number of pyridine rings is 1. The third-order valence-corrected chi connectivity index (χ3v) is 8.14. The number of carbonyl (C=O) groups excluding carboxylic acids is 4. The number of rotatable bonds is 12. The van der Waals surface area contributed by atoms with Gasteiger partial charge >= 0.3 is 11.9 Å². The zero-order valence-electron chi connectivity index (χ0n) is 23.9. The van der Waals surface area contributed by atoms with E-state index in [0.717, 1.165) is 16.8 Å². The summed E-state index contributed by atoms with van der Waals surface area (Å²) in [6.07, 6.45) is 1.78. The Kier molecular flexibility index (Phi) is 9.71. The first-order chi connectivity index (χ1) is 21.3. The summed E-state index contributed by atoms with van der Waals surface area (Å²) in [7, 11) is 0. The fourth-order valence-corrected chi connectivity index (χ4v) is 5.53.